The van der Waals surface area contributed by atoms with Crippen LogP contribution in [0, 0.1) is 50.7 Å². The first-order valence-corrected chi connectivity index (χ1v) is 14.0. The Labute approximate surface area is 204 Å². The summed E-state index contributed by atoms with van der Waals surface area (Å²) in [5.74, 6) is 2.77. The number of hydrogen-bond donors (Lipinski definition) is 0. The summed E-state index contributed by atoms with van der Waals surface area (Å²) in [6.45, 7) is 20.3. The summed E-state index contributed by atoms with van der Waals surface area (Å²) in [6, 6.07) is 0. The average Bonchev–Trinajstić information content (AvgIpc) is 2.72. The molecule has 0 amide bonds. The zero-order chi connectivity index (χ0) is 24.4. The third kappa shape index (κ3) is 3.85. The lowest BCUT2D eigenvalue weighted by molar-refractivity contribution is -0.147. The minimum absolute atomic E-state index is 0.0382. The Kier molecular flexibility index (Phi) is 6.23. The summed E-state index contributed by atoms with van der Waals surface area (Å²) in [5, 5.41) is 0. The maximum Gasteiger partial charge on any atom is 0.305 e. The largest absolute Gasteiger partial charge is 0.469 e. The number of carbonyl (C=O) groups is 1. The van der Waals surface area contributed by atoms with E-state index >= 15 is 0 Å². The molecule has 0 aromatic heterocycles. The molecule has 7 atom stereocenters. The van der Waals surface area contributed by atoms with Gasteiger partial charge in [0.2, 0.25) is 0 Å². The van der Waals surface area contributed by atoms with E-state index in [4.69, 9.17) is 4.74 Å². The van der Waals surface area contributed by atoms with Crippen LogP contribution in [0.2, 0.25) is 0 Å². The number of carbonyl (C=O) groups excluding carboxylic acids is 1. The molecule has 0 heterocycles. The SMILES string of the molecule is COC(=O)CCC1(C)C(C(C)C)CCC2(C)C3=CCC4(C)CCC(C)(C)CC4C3(C)CCC21. The van der Waals surface area contributed by atoms with Crippen LogP contribution in [0.1, 0.15) is 120 Å². The van der Waals surface area contributed by atoms with Crippen LogP contribution in [0.25, 0.3) is 0 Å². The minimum Gasteiger partial charge on any atom is -0.469 e. The first kappa shape index (κ1) is 25.3. The number of ether oxygens (including phenoxy) is 1. The lowest BCUT2D eigenvalue weighted by atomic mass is 9.36. The summed E-state index contributed by atoms with van der Waals surface area (Å²) in [6.07, 6.45) is 15.0. The molecule has 0 aliphatic heterocycles. The van der Waals surface area contributed by atoms with Gasteiger partial charge in [0, 0.05) is 6.42 Å². The van der Waals surface area contributed by atoms with Gasteiger partial charge in [-0.1, -0.05) is 67.0 Å². The Morgan fingerprint density at radius 2 is 1.61 bits per heavy atom. The summed E-state index contributed by atoms with van der Waals surface area (Å²) in [7, 11) is 1.54. The van der Waals surface area contributed by atoms with Gasteiger partial charge >= 0.3 is 5.97 Å². The predicted octanol–water partition coefficient (Wildman–Crippen LogP) is 8.60. The lowest BCUT2D eigenvalue weighted by Crippen LogP contribution is -2.59. The van der Waals surface area contributed by atoms with Crippen molar-refractivity contribution in [2.45, 2.75) is 120 Å². The topological polar surface area (TPSA) is 26.3 Å². The van der Waals surface area contributed by atoms with Crippen molar-refractivity contribution in [1.29, 1.82) is 0 Å². The molecule has 4 rings (SSSR count). The van der Waals surface area contributed by atoms with Crippen molar-refractivity contribution in [3.63, 3.8) is 0 Å². The van der Waals surface area contributed by atoms with Crippen LogP contribution in [0.15, 0.2) is 11.6 Å². The number of hydrogen-bond acceptors (Lipinski definition) is 2. The number of fused-ring (bicyclic) bond motifs is 5. The van der Waals surface area contributed by atoms with E-state index in [1.165, 1.54) is 58.5 Å². The van der Waals surface area contributed by atoms with Crippen molar-refractivity contribution >= 4 is 5.97 Å². The normalized spacial score (nSPS) is 46.6. The van der Waals surface area contributed by atoms with E-state index in [9.17, 15) is 4.79 Å². The molecule has 7 unspecified atom stereocenters. The quantitative estimate of drug-likeness (QED) is 0.313. The van der Waals surface area contributed by atoms with E-state index < -0.39 is 0 Å². The molecule has 0 saturated heterocycles. The summed E-state index contributed by atoms with van der Waals surface area (Å²) in [5.41, 5.74) is 3.57. The van der Waals surface area contributed by atoms with Crippen molar-refractivity contribution in [2.75, 3.05) is 7.11 Å². The molecule has 0 radical (unpaired) electrons. The molecule has 4 aliphatic carbocycles. The van der Waals surface area contributed by atoms with Crippen molar-refractivity contribution in [3.05, 3.63) is 11.6 Å². The predicted molar refractivity (Wildman–Crippen MR) is 138 cm³/mol. The first-order chi connectivity index (χ1) is 15.2. The molecule has 0 aromatic carbocycles. The third-order valence-corrected chi connectivity index (χ3v) is 12.0. The molecule has 2 heteroatoms. The zero-order valence-electron chi connectivity index (χ0n) is 23.3. The smallest absolute Gasteiger partial charge is 0.305 e. The van der Waals surface area contributed by atoms with Crippen LogP contribution in [0.4, 0.5) is 0 Å². The average molecular weight is 457 g/mol. The Morgan fingerprint density at radius 3 is 2.24 bits per heavy atom. The number of rotatable bonds is 4. The van der Waals surface area contributed by atoms with Crippen molar-refractivity contribution in [1.82, 2.24) is 0 Å². The van der Waals surface area contributed by atoms with E-state index in [0.29, 0.717) is 40.4 Å². The van der Waals surface area contributed by atoms with Crippen molar-refractivity contribution in [3.8, 4) is 0 Å². The molecule has 188 valence electrons. The molecule has 0 aromatic rings. The lowest BCUT2D eigenvalue weighted by Gasteiger charge is -2.68. The second kappa shape index (κ2) is 8.12. The van der Waals surface area contributed by atoms with Crippen LogP contribution in [-0.4, -0.2) is 13.1 Å². The number of esters is 1. The molecule has 3 fully saturated rings. The number of methoxy groups -OCH3 is 1. The van der Waals surface area contributed by atoms with Gasteiger partial charge in [0.1, 0.15) is 0 Å². The van der Waals surface area contributed by atoms with Gasteiger partial charge in [0.05, 0.1) is 7.11 Å². The first-order valence-electron chi connectivity index (χ1n) is 14.0. The summed E-state index contributed by atoms with van der Waals surface area (Å²) >= 11 is 0. The second-order valence-electron chi connectivity index (χ2n) is 14.8. The molecule has 2 nitrogen and oxygen atoms in total. The molecular weight excluding hydrogens is 404 g/mol. The zero-order valence-corrected chi connectivity index (χ0v) is 23.3. The molecule has 33 heavy (non-hydrogen) atoms. The highest BCUT2D eigenvalue weighted by Gasteiger charge is 2.64. The van der Waals surface area contributed by atoms with Crippen molar-refractivity contribution in [2.24, 2.45) is 50.7 Å². The van der Waals surface area contributed by atoms with E-state index in [1.807, 2.05) is 5.57 Å². The summed E-state index contributed by atoms with van der Waals surface area (Å²) in [4.78, 5) is 12.2. The maximum atomic E-state index is 12.2. The Bertz CT molecular complexity index is 808. The van der Waals surface area contributed by atoms with Gasteiger partial charge in [-0.05, 0) is 109 Å². The molecular formula is C31H52O2. The second-order valence-corrected chi connectivity index (χ2v) is 14.8. The molecule has 0 bridgehead atoms. The summed E-state index contributed by atoms with van der Waals surface area (Å²) < 4.78 is 5.08. The van der Waals surface area contributed by atoms with Crippen LogP contribution in [-0.2, 0) is 9.53 Å². The fourth-order valence-electron chi connectivity index (χ4n) is 10.2. The molecule has 0 N–H and O–H groups in total. The van der Waals surface area contributed by atoms with Crippen LogP contribution in [0.5, 0.6) is 0 Å². The fourth-order valence-corrected chi connectivity index (χ4v) is 10.2. The van der Waals surface area contributed by atoms with Gasteiger partial charge in [-0.2, -0.15) is 0 Å². The third-order valence-electron chi connectivity index (χ3n) is 12.0. The van der Waals surface area contributed by atoms with E-state index in [2.05, 4.69) is 61.5 Å². The molecule has 4 aliphatic rings. The van der Waals surface area contributed by atoms with Crippen LogP contribution >= 0.6 is 0 Å². The van der Waals surface area contributed by atoms with E-state index in [1.54, 1.807) is 0 Å². The maximum absolute atomic E-state index is 12.2. The highest BCUT2D eigenvalue weighted by Crippen LogP contribution is 2.73. The van der Waals surface area contributed by atoms with Gasteiger partial charge in [-0.25, -0.2) is 0 Å². The van der Waals surface area contributed by atoms with Crippen molar-refractivity contribution < 1.29 is 9.53 Å². The van der Waals surface area contributed by atoms with E-state index in [-0.39, 0.29) is 16.8 Å². The van der Waals surface area contributed by atoms with Crippen LogP contribution < -0.4 is 0 Å². The van der Waals surface area contributed by atoms with Crippen LogP contribution in [0.3, 0.4) is 0 Å². The Balaban J connectivity index is 1.74. The Morgan fingerprint density at radius 1 is 0.970 bits per heavy atom. The van der Waals surface area contributed by atoms with Gasteiger partial charge in [0.25, 0.3) is 0 Å². The van der Waals surface area contributed by atoms with Gasteiger partial charge < -0.3 is 4.74 Å². The Hall–Kier alpha value is -0.790. The highest BCUT2D eigenvalue weighted by molar-refractivity contribution is 5.69. The highest BCUT2D eigenvalue weighted by atomic mass is 16.5. The minimum atomic E-state index is -0.0382. The number of allylic oxidation sites excluding steroid dienone is 2. The molecule has 3 saturated carbocycles. The molecule has 0 spiro atoms. The van der Waals surface area contributed by atoms with Gasteiger partial charge in [-0.3, -0.25) is 4.79 Å². The standard InChI is InChI=1S/C31H52O2/c1-21(2)22-10-15-30(7)23(29(22,6)17-13-26(32)33-9)12-16-31(8)24(30)11-14-28(5)19-18-27(3,4)20-25(28)31/h11,21-23,25H,10,12-20H2,1-9H3. The van der Waals surface area contributed by atoms with Gasteiger partial charge in [-0.15, -0.1) is 0 Å². The van der Waals surface area contributed by atoms with Gasteiger partial charge in [0.15, 0.2) is 0 Å². The van der Waals surface area contributed by atoms with E-state index in [0.717, 1.165) is 12.3 Å². The fraction of sp³-hybridized carbons (Fsp3) is 0.903. The monoisotopic (exact) mass is 456 g/mol.